The molecular weight excluding hydrogens is 244 g/mol. The number of hydrogen-bond acceptors (Lipinski definition) is 4. The molecule has 1 amide bonds. The topological polar surface area (TPSA) is 58.6 Å². The van der Waals surface area contributed by atoms with Crippen molar-refractivity contribution in [2.75, 3.05) is 19.4 Å². The van der Waals surface area contributed by atoms with Crippen LogP contribution >= 0.6 is 0 Å². The fourth-order valence-electron chi connectivity index (χ4n) is 2.85. The third-order valence-corrected chi connectivity index (χ3v) is 3.85. The van der Waals surface area contributed by atoms with Crippen molar-refractivity contribution >= 4 is 17.6 Å². The van der Waals surface area contributed by atoms with E-state index < -0.39 is 6.10 Å². The molecule has 2 aliphatic heterocycles. The molecule has 2 atom stereocenters. The molecule has 1 N–H and O–H groups in total. The zero-order valence-corrected chi connectivity index (χ0v) is 11.0. The van der Waals surface area contributed by atoms with Gasteiger partial charge in [-0.3, -0.25) is 9.59 Å². The minimum Gasteiger partial charge on any atom is -0.457 e. The molecule has 0 spiro atoms. The summed E-state index contributed by atoms with van der Waals surface area (Å²) in [6.45, 7) is 0.550. The Hall–Kier alpha value is -2.04. The van der Waals surface area contributed by atoms with E-state index in [1.54, 1.807) is 11.9 Å². The van der Waals surface area contributed by atoms with Gasteiger partial charge in [-0.25, -0.2) is 0 Å². The van der Waals surface area contributed by atoms with Crippen LogP contribution in [0.25, 0.3) is 0 Å². The first-order valence-electron chi connectivity index (χ1n) is 6.35. The Kier molecular flexibility index (Phi) is 2.69. The van der Waals surface area contributed by atoms with Crippen molar-refractivity contribution in [3.05, 3.63) is 29.3 Å². The lowest BCUT2D eigenvalue weighted by molar-refractivity contribution is -0.142. The second-order valence-corrected chi connectivity index (χ2v) is 5.08. The smallest absolute Gasteiger partial charge is 0.307 e. The van der Waals surface area contributed by atoms with Gasteiger partial charge in [0.25, 0.3) is 0 Å². The molecule has 3 rings (SSSR count). The van der Waals surface area contributed by atoms with Crippen molar-refractivity contribution in [2.45, 2.75) is 19.1 Å². The Morgan fingerprint density at radius 1 is 1.37 bits per heavy atom. The van der Waals surface area contributed by atoms with Gasteiger partial charge in [-0.15, -0.1) is 0 Å². The summed E-state index contributed by atoms with van der Waals surface area (Å²) in [6, 6.07) is 5.90. The number of carbonyl (C=O) groups is 2. The van der Waals surface area contributed by atoms with Gasteiger partial charge in [0, 0.05) is 26.3 Å². The molecule has 5 heteroatoms. The highest BCUT2D eigenvalue weighted by Crippen LogP contribution is 2.41. The highest BCUT2D eigenvalue weighted by atomic mass is 16.6. The van der Waals surface area contributed by atoms with Gasteiger partial charge in [0.1, 0.15) is 6.10 Å². The Morgan fingerprint density at radius 2 is 2.16 bits per heavy atom. The molecule has 2 aliphatic rings. The molecule has 0 unspecified atom stereocenters. The summed E-state index contributed by atoms with van der Waals surface area (Å²) in [7, 11) is 3.62. The Bertz CT molecular complexity index is 556. The van der Waals surface area contributed by atoms with E-state index in [9.17, 15) is 9.59 Å². The normalized spacial score (nSPS) is 25.5. The molecular formula is C14H16N2O3. The van der Waals surface area contributed by atoms with Crippen molar-refractivity contribution in [2.24, 2.45) is 5.92 Å². The predicted octanol–water partition coefficient (Wildman–Crippen LogP) is 1.30. The molecule has 19 heavy (non-hydrogen) atoms. The fourth-order valence-corrected chi connectivity index (χ4v) is 2.85. The minimum absolute atomic E-state index is 0.0157. The molecule has 1 fully saturated rings. The van der Waals surface area contributed by atoms with Crippen molar-refractivity contribution in [3.8, 4) is 0 Å². The first-order valence-corrected chi connectivity index (χ1v) is 6.35. The molecule has 0 bridgehead atoms. The summed E-state index contributed by atoms with van der Waals surface area (Å²) in [5, 5.41) is 3.08. The van der Waals surface area contributed by atoms with Gasteiger partial charge < -0.3 is 15.0 Å². The predicted molar refractivity (Wildman–Crippen MR) is 69.4 cm³/mol. The number of ether oxygens (including phenoxy) is 1. The van der Waals surface area contributed by atoms with Crippen LogP contribution in [0.5, 0.6) is 0 Å². The lowest BCUT2D eigenvalue weighted by Crippen LogP contribution is -2.31. The molecule has 0 aromatic heterocycles. The minimum atomic E-state index is -0.425. The summed E-state index contributed by atoms with van der Waals surface area (Å²) < 4.78 is 5.36. The van der Waals surface area contributed by atoms with Gasteiger partial charge >= 0.3 is 5.97 Å². The number of benzene rings is 1. The van der Waals surface area contributed by atoms with Crippen LogP contribution in [0, 0.1) is 5.92 Å². The van der Waals surface area contributed by atoms with E-state index in [2.05, 4.69) is 5.32 Å². The number of nitrogens with one attached hydrogen (secondary N) is 1. The van der Waals surface area contributed by atoms with Crippen LogP contribution in [0.4, 0.5) is 5.69 Å². The van der Waals surface area contributed by atoms with Crippen LogP contribution in [-0.4, -0.2) is 30.9 Å². The van der Waals surface area contributed by atoms with Gasteiger partial charge in [-0.05, 0) is 23.3 Å². The molecule has 1 aromatic carbocycles. The lowest BCUT2D eigenvalue weighted by Gasteiger charge is -2.17. The Labute approximate surface area is 111 Å². The average molecular weight is 260 g/mol. The summed E-state index contributed by atoms with van der Waals surface area (Å²) in [4.78, 5) is 25.4. The maximum atomic E-state index is 12.3. The number of anilines is 1. The number of nitrogens with zero attached hydrogens (tertiary/aromatic N) is 1. The van der Waals surface area contributed by atoms with E-state index in [4.69, 9.17) is 4.74 Å². The number of hydrogen-bond donors (Lipinski definition) is 1. The van der Waals surface area contributed by atoms with Crippen LogP contribution in [0.2, 0.25) is 0 Å². The van der Waals surface area contributed by atoms with Gasteiger partial charge in [-0.2, -0.15) is 0 Å². The second kappa shape index (κ2) is 4.26. The molecule has 100 valence electrons. The summed E-state index contributed by atoms with van der Waals surface area (Å²) >= 11 is 0. The summed E-state index contributed by atoms with van der Waals surface area (Å²) in [5.41, 5.74) is 2.97. The SMILES string of the molecule is CNc1ccc2c(c1)CN(C)C(=O)[C@@H]1CC(=O)O[C@@H]21. The maximum Gasteiger partial charge on any atom is 0.307 e. The molecule has 5 nitrogen and oxygen atoms in total. The first-order chi connectivity index (χ1) is 9.10. The van der Waals surface area contributed by atoms with Crippen LogP contribution in [-0.2, 0) is 20.9 Å². The maximum absolute atomic E-state index is 12.3. The molecule has 0 saturated carbocycles. The molecule has 1 saturated heterocycles. The second-order valence-electron chi connectivity index (χ2n) is 5.08. The number of esters is 1. The quantitative estimate of drug-likeness (QED) is 0.773. The van der Waals surface area contributed by atoms with Crippen molar-refractivity contribution < 1.29 is 14.3 Å². The highest BCUT2D eigenvalue weighted by Gasteiger charge is 2.44. The monoisotopic (exact) mass is 260 g/mol. The molecule has 0 aliphatic carbocycles. The third kappa shape index (κ3) is 1.85. The highest BCUT2D eigenvalue weighted by molar-refractivity contribution is 5.87. The number of rotatable bonds is 1. The van der Waals surface area contributed by atoms with Crippen LogP contribution < -0.4 is 5.32 Å². The number of amides is 1. The van der Waals surface area contributed by atoms with Crippen LogP contribution in [0.15, 0.2) is 18.2 Å². The largest absolute Gasteiger partial charge is 0.457 e. The standard InChI is InChI=1S/C14H16N2O3/c1-15-9-3-4-10-8(5-9)7-16(2)14(18)11-6-12(17)19-13(10)11/h3-5,11,13,15H,6-7H2,1-2H3/t11-,13+/m1/s1. The van der Waals surface area contributed by atoms with Crippen LogP contribution in [0.3, 0.4) is 0 Å². The first kappa shape index (κ1) is 12.0. The lowest BCUT2D eigenvalue weighted by atomic mass is 9.93. The van der Waals surface area contributed by atoms with Gasteiger partial charge in [-0.1, -0.05) is 6.07 Å². The van der Waals surface area contributed by atoms with Crippen molar-refractivity contribution in [1.29, 1.82) is 0 Å². The van der Waals surface area contributed by atoms with E-state index in [-0.39, 0.29) is 24.2 Å². The number of fused-ring (bicyclic) bond motifs is 3. The zero-order valence-electron chi connectivity index (χ0n) is 11.0. The molecule has 1 aromatic rings. The third-order valence-electron chi connectivity index (χ3n) is 3.85. The van der Waals surface area contributed by atoms with Crippen molar-refractivity contribution in [1.82, 2.24) is 4.90 Å². The van der Waals surface area contributed by atoms with E-state index in [1.165, 1.54) is 0 Å². The zero-order chi connectivity index (χ0) is 13.6. The Morgan fingerprint density at radius 3 is 2.89 bits per heavy atom. The van der Waals surface area contributed by atoms with Gasteiger partial charge in [0.15, 0.2) is 0 Å². The number of carbonyl (C=O) groups excluding carboxylic acids is 2. The van der Waals surface area contributed by atoms with Gasteiger partial charge in [0.2, 0.25) is 5.91 Å². The Balaban J connectivity index is 2.10. The van der Waals surface area contributed by atoms with Gasteiger partial charge in [0.05, 0.1) is 12.3 Å². The van der Waals surface area contributed by atoms with E-state index in [0.717, 1.165) is 16.8 Å². The fraction of sp³-hybridized carbons (Fsp3) is 0.429. The molecule has 2 heterocycles. The van der Waals surface area contributed by atoms with Crippen molar-refractivity contribution in [3.63, 3.8) is 0 Å². The summed E-state index contributed by atoms with van der Waals surface area (Å²) in [6.07, 6.45) is -0.244. The molecule has 0 radical (unpaired) electrons. The van der Waals surface area contributed by atoms with E-state index in [0.29, 0.717) is 6.54 Å². The average Bonchev–Trinajstić information content (AvgIpc) is 2.75. The van der Waals surface area contributed by atoms with Crippen LogP contribution in [0.1, 0.15) is 23.7 Å². The van der Waals surface area contributed by atoms with E-state index >= 15 is 0 Å². The summed E-state index contributed by atoms with van der Waals surface area (Å²) in [5.74, 6) is -0.681. The van der Waals surface area contributed by atoms with E-state index in [1.807, 2.05) is 25.2 Å².